The van der Waals surface area contributed by atoms with Gasteiger partial charge in [-0.15, -0.1) is 0 Å². The van der Waals surface area contributed by atoms with E-state index in [1.807, 2.05) is 37.3 Å². The highest BCUT2D eigenvalue weighted by Gasteiger charge is 2.35. The minimum Gasteiger partial charge on any atom is -0.357 e. The van der Waals surface area contributed by atoms with Gasteiger partial charge in [0.05, 0.1) is 15.6 Å². The summed E-state index contributed by atoms with van der Waals surface area (Å²) in [6, 6.07) is 28.1. The number of nitrogens with zero attached hydrogens (tertiary/aromatic N) is 2. The van der Waals surface area contributed by atoms with Gasteiger partial charge in [0, 0.05) is 25.0 Å². The van der Waals surface area contributed by atoms with Crippen LogP contribution in [-0.2, 0) is 32.6 Å². The van der Waals surface area contributed by atoms with Crippen molar-refractivity contribution in [2.24, 2.45) is 0 Å². The summed E-state index contributed by atoms with van der Waals surface area (Å²) < 4.78 is 29.0. The molecule has 0 spiro atoms. The van der Waals surface area contributed by atoms with Gasteiger partial charge in [0.1, 0.15) is 12.6 Å². The van der Waals surface area contributed by atoms with Crippen molar-refractivity contribution < 1.29 is 18.0 Å². The molecule has 0 aromatic heterocycles. The van der Waals surface area contributed by atoms with E-state index in [0.717, 1.165) is 15.4 Å². The summed E-state index contributed by atoms with van der Waals surface area (Å²) in [5.74, 6) is -1.00. The Labute approximate surface area is 256 Å². The van der Waals surface area contributed by atoms with Crippen molar-refractivity contribution in [2.45, 2.75) is 30.8 Å². The molecule has 0 saturated carbocycles. The maximum Gasteiger partial charge on any atom is 0.264 e. The highest BCUT2D eigenvalue weighted by atomic mass is 35.5. The Balaban J connectivity index is 1.80. The van der Waals surface area contributed by atoms with Crippen LogP contribution in [0.25, 0.3) is 0 Å². The topological polar surface area (TPSA) is 86.8 Å². The molecule has 10 heteroatoms. The van der Waals surface area contributed by atoms with Crippen LogP contribution in [0.3, 0.4) is 0 Å². The SMILES string of the molecule is CNC(=O)C(Cc1ccccc1)N(Cc1ccccc1Cl)C(=O)CN(c1ccccc1Cl)S(=O)(=O)c1ccc(C)cc1. The fourth-order valence-electron chi connectivity index (χ4n) is 4.54. The molecule has 42 heavy (non-hydrogen) atoms. The standard InChI is InChI=1S/C32H31Cl2N3O4S/c1-23-16-18-26(19-17-23)42(40,41)37(29-15-9-8-14-28(29)34)22-31(38)36(21-25-12-6-7-13-27(25)33)30(32(39)35-2)20-24-10-4-3-5-11-24/h3-19,30H,20-22H2,1-2H3,(H,35,39). The molecule has 0 bridgehead atoms. The minimum atomic E-state index is -4.24. The number of para-hydroxylation sites is 1. The molecule has 0 aliphatic carbocycles. The van der Waals surface area contributed by atoms with Crippen molar-refractivity contribution in [3.63, 3.8) is 0 Å². The number of halogens is 2. The predicted octanol–water partition coefficient (Wildman–Crippen LogP) is 5.88. The lowest BCUT2D eigenvalue weighted by atomic mass is 10.0. The van der Waals surface area contributed by atoms with E-state index in [0.29, 0.717) is 10.6 Å². The molecule has 4 rings (SSSR count). The summed E-state index contributed by atoms with van der Waals surface area (Å²) in [6.45, 7) is 1.22. The molecule has 1 atom stereocenters. The maximum absolute atomic E-state index is 14.3. The molecule has 1 N–H and O–H groups in total. The number of hydrogen-bond donors (Lipinski definition) is 1. The molecule has 0 radical (unpaired) electrons. The van der Waals surface area contributed by atoms with Gasteiger partial charge in [0.25, 0.3) is 10.0 Å². The van der Waals surface area contributed by atoms with Gasteiger partial charge >= 0.3 is 0 Å². The summed E-state index contributed by atoms with van der Waals surface area (Å²) in [4.78, 5) is 29.0. The Bertz CT molecular complexity index is 1650. The number of rotatable bonds is 11. The number of carbonyl (C=O) groups excluding carboxylic acids is 2. The van der Waals surface area contributed by atoms with Gasteiger partial charge in [-0.1, -0.05) is 102 Å². The molecule has 218 valence electrons. The zero-order valence-electron chi connectivity index (χ0n) is 23.2. The first-order valence-corrected chi connectivity index (χ1v) is 15.4. The van der Waals surface area contributed by atoms with Crippen molar-refractivity contribution in [3.8, 4) is 0 Å². The Kier molecular flexibility index (Phi) is 10.3. The second-order valence-corrected chi connectivity index (χ2v) is 12.4. The molecule has 4 aromatic carbocycles. The fourth-order valence-corrected chi connectivity index (χ4v) is 6.45. The number of carbonyl (C=O) groups is 2. The zero-order chi connectivity index (χ0) is 30.3. The molecule has 0 saturated heterocycles. The lowest BCUT2D eigenvalue weighted by Gasteiger charge is -2.34. The van der Waals surface area contributed by atoms with E-state index in [-0.39, 0.29) is 28.6 Å². The smallest absolute Gasteiger partial charge is 0.264 e. The number of likely N-dealkylation sites (N-methyl/N-ethyl adjacent to an activating group) is 1. The van der Waals surface area contributed by atoms with Gasteiger partial charge in [-0.25, -0.2) is 8.42 Å². The van der Waals surface area contributed by atoms with E-state index in [1.54, 1.807) is 60.7 Å². The van der Waals surface area contributed by atoms with Crippen LogP contribution in [0.2, 0.25) is 10.0 Å². The molecule has 0 aliphatic rings. The van der Waals surface area contributed by atoms with Gasteiger partial charge in [-0.05, 0) is 48.4 Å². The van der Waals surface area contributed by atoms with Crippen LogP contribution in [-0.4, -0.2) is 44.8 Å². The first-order chi connectivity index (χ1) is 20.1. The van der Waals surface area contributed by atoms with E-state index in [9.17, 15) is 18.0 Å². The highest BCUT2D eigenvalue weighted by molar-refractivity contribution is 7.92. The van der Waals surface area contributed by atoms with E-state index >= 15 is 0 Å². The average Bonchev–Trinajstić information content (AvgIpc) is 2.99. The number of aryl methyl sites for hydroxylation is 1. The second-order valence-electron chi connectivity index (χ2n) is 9.71. The normalized spacial score (nSPS) is 11.9. The molecule has 7 nitrogen and oxygen atoms in total. The third-order valence-corrected chi connectivity index (χ3v) is 9.29. The van der Waals surface area contributed by atoms with Crippen molar-refractivity contribution in [1.82, 2.24) is 10.2 Å². The number of nitrogens with one attached hydrogen (secondary N) is 1. The molecule has 0 aliphatic heterocycles. The number of hydrogen-bond acceptors (Lipinski definition) is 4. The first kappa shape index (κ1) is 31.1. The fraction of sp³-hybridized carbons (Fsp3) is 0.188. The summed E-state index contributed by atoms with van der Waals surface area (Å²) in [6.07, 6.45) is 0.202. The van der Waals surface area contributed by atoms with Gasteiger partial charge in [0.2, 0.25) is 11.8 Å². The van der Waals surface area contributed by atoms with Gasteiger partial charge in [-0.2, -0.15) is 0 Å². The number of amides is 2. The summed E-state index contributed by atoms with van der Waals surface area (Å²) in [5, 5.41) is 3.23. The van der Waals surface area contributed by atoms with Crippen LogP contribution >= 0.6 is 23.2 Å². The molecule has 1 unspecified atom stereocenters. The monoisotopic (exact) mass is 623 g/mol. The van der Waals surface area contributed by atoms with Gasteiger partial charge in [-0.3, -0.25) is 13.9 Å². The molecule has 0 fully saturated rings. The maximum atomic E-state index is 14.3. The highest BCUT2D eigenvalue weighted by Crippen LogP contribution is 2.31. The lowest BCUT2D eigenvalue weighted by Crippen LogP contribution is -2.53. The third-order valence-electron chi connectivity index (χ3n) is 6.83. The average molecular weight is 625 g/mol. The molecule has 2 amide bonds. The second kappa shape index (κ2) is 13.9. The Hall–Kier alpha value is -3.85. The van der Waals surface area contributed by atoms with Crippen molar-refractivity contribution >= 4 is 50.7 Å². The van der Waals surface area contributed by atoms with Crippen LogP contribution in [0.1, 0.15) is 16.7 Å². The number of sulfonamides is 1. The van der Waals surface area contributed by atoms with Crippen LogP contribution in [0.5, 0.6) is 0 Å². The number of benzene rings is 4. The van der Waals surface area contributed by atoms with Crippen LogP contribution in [0.15, 0.2) is 108 Å². The van der Waals surface area contributed by atoms with Crippen LogP contribution in [0, 0.1) is 6.92 Å². The first-order valence-electron chi connectivity index (χ1n) is 13.2. The minimum absolute atomic E-state index is 0.00519. The molecular formula is C32H31Cl2N3O4S. The predicted molar refractivity (Wildman–Crippen MR) is 167 cm³/mol. The molecule has 0 heterocycles. The lowest BCUT2D eigenvalue weighted by molar-refractivity contribution is -0.139. The summed E-state index contributed by atoms with van der Waals surface area (Å²) >= 11 is 13.0. The summed E-state index contributed by atoms with van der Waals surface area (Å²) in [7, 11) is -2.74. The van der Waals surface area contributed by atoms with Gasteiger partial charge < -0.3 is 10.2 Å². The largest absolute Gasteiger partial charge is 0.357 e. The zero-order valence-corrected chi connectivity index (χ0v) is 25.5. The quantitative estimate of drug-likeness (QED) is 0.226. The van der Waals surface area contributed by atoms with E-state index < -0.39 is 34.4 Å². The molecule has 4 aromatic rings. The van der Waals surface area contributed by atoms with Gasteiger partial charge in [0.15, 0.2) is 0 Å². The number of anilines is 1. The van der Waals surface area contributed by atoms with E-state index in [1.165, 1.54) is 24.1 Å². The van der Waals surface area contributed by atoms with Crippen LogP contribution < -0.4 is 9.62 Å². The van der Waals surface area contributed by atoms with Crippen molar-refractivity contribution in [1.29, 1.82) is 0 Å². The Morgan fingerprint density at radius 3 is 2.02 bits per heavy atom. The summed E-state index contributed by atoms with van der Waals surface area (Å²) in [5.41, 5.74) is 2.47. The Morgan fingerprint density at radius 2 is 1.40 bits per heavy atom. The Morgan fingerprint density at radius 1 is 0.810 bits per heavy atom. The molecular weight excluding hydrogens is 593 g/mol. The van der Waals surface area contributed by atoms with Crippen molar-refractivity contribution in [2.75, 3.05) is 17.9 Å². The van der Waals surface area contributed by atoms with Crippen LogP contribution in [0.4, 0.5) is 5.69 Å². The van der Waals surface area contributed by atoms with E-state index in [2.05, 4.69) is 5.32 Å². The van der Waals surface area contributed by atoms with E-state index in [4.69, 9.17) is 23.2 Å². The third kappa shape index (κ3) is 7.31. The van der Waals surface area contributed by atoms with Crippen molar-refractivity contribution in [3.05, 3.63) is 130 Å².